The zero-order valence-electron chi connectivity index (χ0n) is 22.5. The third kappa shape index (κ3) is 13.1. The van der Waals surface area contributed by atoms with Gasteiger partial charge in [-0.2, -0.15) is 31.6 Å². The molecule has 0 fully saturated rings. The van der Waals surface area contributed by atoms with Gasteiger partial charge in [-0.1, -0.05) is 46.4 Å². The van der Waals surface area contributed by atoms with E-state index in [-0.39, 0.29) is 52.5 Å². The number of nitrogens with zero attached hydrogens (tertiary/aromatic N) is 3. The van der Waals surface area contributed by atoms with Gasteiger partial charge < -0.3 is 19.5 Å². The number of halogens is 10. The Morgan fingerprint density at radius 1 is 0.956 bits per heavy atom. The molecule has 0 aliphatic carbocycles. The maximum atomic E-state index is 12.5. The van der Waals surface area contributed by atoms with Crippen molar-refractivity contribution in [2.75, 3.05) is 26.4 Å². The first-order valence-corrected chi connectivity index (χ1v) is 13.7. The van der Waals surface area contributed by atoms with Crippen molar-refractivity contribution in [3.05, 3.63) is 86.2 Å². The summed E-state index contributed by atoms with van der Waals surface area (Å²) in [5.74, 6) is -0.196. The van der Waals surface area contributed by atoms with Crippen LogP contribution in [0.3, 0.4) is 0 Å². The van der Waals surface area contributed by atoms with Crippen LogP contribution < -0.4 is 19.5 Å². The van der Waals surface area contributed by atoms with Crippen LogP contribution in [0, 0.1) is 11.3 Å². The Morgan fingerprint density at radius 2 is 1.62 bits per heavy atom. The van der Waals surface area contributed by atoms with Gasteiger partial charge in [-0.15, -0.1) is 0 Å². The van der Waals surface area contributed by atoms with E-state index in [9.17, 15) is 31.1 Å². The van der Waals surface area contributed by atoms with Gasteiger partial charge in [-0.25, -0.2) is 4.98 Å². The first-order chi connectivity index (χ1) is 21.1. The lowest BCUT2D eigenvalue weighted by atomic mass is 10.1. The van der Waals surface area contributed by atoms with E-state index in [4.69, 9.17) is 65.9 Å². The van der Waals surface area contributed by atoms with E-state index in [2.05, 4.69) is 9.97 Å². The number of alkyl halides is 6. The fraction of sp³-hybridized carbons (Fsp3) is 0.259. The second-order valence-corrected chi connectivity index (χ2v) is 10.0. The molecule has 0 aliphatic heterocycles. The van der Waals surface area contributed by atoms with Crippen LogP contribution in [0.4, 0.5) is 26.3 Å². The maximum Gasteiger partial charge on any atom is 0.417 e. The van der Waals surface area contributed by atoms with Gasteiger partial charge in [0.15, 0.2) is 5.75 Å². The SMILES string of the molecule is FC(F)(F)c1ccc(OCCCOc2c(Cl)cc(OCC=C(Cl)Cl)cc2Cl)nc1.N#CCNC(=O)c1cnccc1C(F)(F)F. The molecular formula is C27H20Cl4F6N4O4. The molecule has 0 bridgehead atoms. The highest BCUT2D eigenvalue weighted by atomic mass is 35.5. The zero-order valence-corrected chi connectivity index (χ0v) is 25.5. The van der Waals surface area contributed by atoms with Gasteiger partial charge in [-0.05, 0) is 18.2 Å². The Bertz CT molecular complexity index is 1470. The van der Waals surface area contributed by atoms with Crippen LogP contribution in [-0.4, -0.2) is 42.2 Å². The molecule has 18 heteroatoms. The van der Waals surface area contributed by atoms with Gasteiger partial charge in [0.1, 0.15) is 23.4 Å². The van der Waals surface area contributed by atoms with E-state index in [1.807, 2.05) is 5.32 Å². The molecule has 3 rings (SSSR count). The average molecular weight is 720 g/mol. The number of carbonyl (C=O) groups is 1. The van der Waals surface area contributed by atoms with E-state index in [1.54, 1.807) is 6.07 Å². The van der Waals surface area contributed by atoms with Crippen LogP contribution in [-0.2, 0) is 12.4 Å². The molecule has 2 heterocycles. The first kappa shape index (κ1) is 37.5. The normalized spacial score (nSPS) is 11.0. The van der Waals surface area contributed by atoms with Gasteiger partial charge in [0, 0.05) is 43.2 Å². The Hall–Kier alpha value is -3.64. The minimum Gasteiger partial charge on any atom is -0.490 e. The van der Waals surface area contributed by atoms with Crippen molar-refractivity contribution in [1.29, 1.82) is 5.26 Å². The molecule has 0 unspecified atom stereocenters. The van der Waals surface area contributed by atoms with E-state index in [1.165, 1.54) is 18.2 Å². The molecule has 2 aromatic heterocycles. The Morgan fingerprint density at radius 3 is 2.18 bits per heavy atom. The molecule has 0 aliphatic rings. The second-order valence-electron chi connectivity index (χ2n) is 8.21. The van der Waals surface area contributed by atoms with Crippen molar-refractivity contribution >= 4 is 52.3 Å². The quantitative estimate of drug-likeness (QED) is 0.121. The van der Waals surface area contributed by atoms with Crippen molar-refractivity contribution in [3.63, 3.8) is 0 Å². The Kier molecular flexibility index (Phi) is 14.8. The lowest BCUT2D eigenvalue weighted by Crippen LogP contribution is -2.26. The van der Waals surface area contributed by atoms with Crippen molar-refractivity contribution in [2.45, 2.75) is 18.8 Å². The number of pyridine rings is 2. The van der Waals surface area contributed by atoms with Crippen molar-refractivity contribution in [3.8, 4) is 23.4 Å². The molecule has 1 aromatic carbocycles. The molecule has 8 nitrogen and oxygen atoms in total. The summed E-state index contributed by atoms with van der Waals surface area (Å²) >= 11 is 23.3. The maximum absolute atomic E-state index is 12.5. The van der Waals surface area contributed by atoms with E-state index < -0.39 is 35.0 Å². The molecule has 0 saturated carbocycles. The minimum atomic E-state index is -4.62. The number of nitriles is 1. The zero-order chi connectivity index (χ0) is 33.6. The molecule has 3 aromatic rings. The van der Waals surface area contributed by atoms with Gasteiger partial charge in [-0.3, -0.25) is 9.78 Å². The third-order valence-electron chi connectivity index (χ3n) is 5.01. The Labute approximate surface area is 272 Å². The number of carbonyl (C=O) groups excluding carboxylic acids is 1. The monoisotopic (exact) mass is 718 g/mol. The van der Waals surface area contributed by atoms with Crippen molar-refractivity contribution in [2.24, 2.45) is 0 Å². The molecule has 0 spiro atoms. The summed E-state index contributed by atoms with van der Waals surface area (Å²) in [5, 5.41) is 10.7. The van der Waals surface area contributed by atoms with Gasteiger partial charge in [0.05, 0.1) is 46.0 Å². The first-order valence-electron chi connectivity index (χ1n) is 12.2. The highest BCUT2D eigenvalue weighted by Gasteiger charge is 2.35. The number of rotatable bonds is 11. The molecule has 1 amide bonds. The van der Waals surface area contributed by atoms with Crippen LogP contribution >= 0.6 is 46.4 Å². The fourth-order valence-electron chi connectivity index (χ4n) is 3.04. The predicted octanol–water partition coefficient (Wildman–Crippen LogP) is 8.31. The van der Waals surface area contributed by atoms with Gasteiger partial charge in [0.25, 0.3) is 5.91 Å². The van der Waals surface area contributed by atoms with Crippen LogP contribution in [0.1, 0.15) is 27.9 Å². The molecule has 0 saturated heterocycles. The molecule has 0 atom stereocenters. The number of hydrogen-bond acceptors (Lipinski definition) is 7. The largest absolute Gasteiger partial charge is 0.490 e. The molecule has 45 heavy (non-hydrogen) atoms. The summed E-state index contributed by atoms with van der Waals surface area (Å²) in [6.07, 6.45) is -4.70. The van der Waals surface area contributed by atoms with Gasteiger partial charge in [0.2, 0.25) is 5.88 Å². The highest BCUT2D eigenvalue weighted by molar-refractivity contribution is 6.55. The average Bonchev–Trinajstić information content (AvgIpc) is 2.96. The predicted molar refractivity (Wildman–Crippen MR) is 154 cm³/mol. The number of amides is 1. The highest BCUT2D eigenvalue weighted by Crippen LogP contribution is 2.37. The number of hydrogen-bond donors (Lipinski definition) is 1. The van der Waals surface area contributed by atoms with Gasteiger partial charge >= 0.3 is 12.4 Å². The summed E-state index contributed by atoms with van der Waals surface area (Å²) in [6, 6.07) is 7.42. The lowest BCUT2D eigenvalue weighted by molar-refractivity contribution is -0.138. The third-order valence-corrected chi connectivity index (χ3v) is 5.88. The Balaban J connectivity index is 0.000000372. The number of ether oxygens (including phenoxy) is 3. The summed E-state index contributed by atoms with van der Waals surface area (Å²) in [5.41, 5.74) is -2.50. The fourth-order valence-corrected chi connectivity index (χ4v) is 3.74. The summed E-state index contributed by atoms with van der Waals surface area (Å²) in [4.78, 5) is 18.3. The number of benzene rings is 1. The standard InChI is InChI=1S/C18H14Cl4F3NO3.C9H6F3N3O/c19-13-8-12(27-7-4-15(21)22)9-14(20)17(13)29-6-1-5-28-16-3-2-11(10-26-16)18(23,24)25;10-9(11,12)7-1-3-14-5-6(7)8(16)15-4-2-13/h2-4,8-10H,1,5-7H2;1,3,5H,4H2,(H,15,16). The topological polar surface area (TPSA) is 106 Å². The van der Waals surface area contributed by atoms with Crippen LogP contribution in [0.25, 0.3) is 0 Å². The van der Waals surface area contributed by atoms with Crippen molar-refractivity contribution < 1.29 is 45.3 Å². The summed E-state index contributed by atoms with van der Waals surface area (Å²) < 4.78 is 91.1. The van der Waals surface area contributed by atoms with Crippen LogP contribution in [0.15, 0.2) is 59.5 Å². The minimum absolute atomic E-state index is 0.0795. The molecular weight excluding hydrogens is 700 g/mol. The number of aromatic nitrogens is 2. The lowest BCUT2D eigenvalue weighted by Gasteiger charge is -2.12. The van der Waals surface area contributed by atoms with E-state index in [0.717, 1.165) is 24.5 Å². The smallest absolute Gasteiger partial charge is 0.417 e. The molecule has 242 valence electrons. The van der Waals surface area contributed by atoms with E-state index in [0.29, 0.717) is 24.4 Å². The summed E-state index contributed by atoms with van der Waals surface area (Å²) in [6.45, 7) is 0.181. The van der Waals surface area contributed by atoms with Crippen molar-refractivity contribution in [1.82, 2.24) is 15.3 Å². The second kappa shape index (κ2) is 17.7. The van der Waals surface area contributed by atoms with Crippen LogP contribution in [0.5, 0.6) is 17.4 Å². The molecule has 0 radical (unpaired) electrons. The van der Waals surface area contributed by atoms with Crippen LogP contribution in [0.2, 0.25) is 10.0 Å². The van der Waals surface area contributed by atoms with E-state index >= 15 is 0 Å². The summed E-state index contributed by atoms with van der Waals surface area (Å²) in [7, 11) is 0. The number of nitrogens with one attached hydrogen (secondary N) is 1. The molecule has 1 N–H and O–H groups in total.